The molecule has 17 heavy (non-hydrogen) atoms. The average Bonchev–Trinajstić information content (AvgIpc) is 2.29. The molecule has 4 N–H and O–H groups in total. The van der Waals surface area contributed by atoms with E-state index < -0.39 is 5.79 Å². The highest BCUT2D eigenvalue weighted by molar-refractivity contribution is 5.75. The number of ether oxygens (including phenoxy) is 1. The first-order valence-corrected chi connectivity index (χ1v) is 5.33. The number of methoxy groups -OCH3 is 1. The van der Waals surface area contributed by atoms with Gasteiger partial charge >= 0.3 is 0 Å². The van der Waals surface area contributed by atoms with Crippen LogP contribution in [0.5, 0.6) is 5.75 Å². The topological polar surface area (TPSA) is 71.7 Å². The number of aliphatic imine (C=N–C) groups is 1. The minimum Gasteiger partial charge on any atom is -0.497 e. The predicted molar refractivity (Wildman–Crippen MR) is 68.9 cm³/mol. The van der Waals surface area contributed by atoms with Crippen LogP contribution >= 0.6 is 0 Å². The molecule has 5 nitrogen and oxygen atoms in total. The van der Waals surface area contributed by atoms with Gasteiger partial charge in [0, 0.05) is 11.9 Å². The molecular weight excluding hydrogens is 216 g/mol. The van der Waals surface area contributed by atoms with E-state index in [9.17, 15) is 0 Å². The van der Waals surface area contributed by atoms with Crippen molar-refractivity contribution in [3.63, 3.8) is 0 Å². The van der Waals surface area contributed by atoms with Crippen LogP contribution in [0.25, 0.3) is 0 Å². The summed E-state index contributed by atoms with van der Waals surface area (Å²) in [4.78, 5) is 4.09. The molecule has 0 amide bonds. The molecule has 5 heteroatoms. The lowest BCUT2D eigenvalue weighted by Crippen LogP contribution is -2.51. The summed E-state index contributed by atoms with van der Waals surface area (Å²) in [5.74, 6) is 0.880. The van der Waals surface area contributed by atoms with E-state index in [0.717, 1.165) is 17.3 Å². The van der Waals surface area contributed by atoms with Crippen molar-refractivity contribution in [3.05, 3.63) is 36.2 Å². The normalized spacial score (nSPS) is 22.6. The summed E-state index contributed by atoms with van der Waals surface area (Å²) in [7, 11) is 1.64. The van der Waals surface area contributed by atoms with E-state index in [4.69, 9.17) is 10.5 Å². The van der Waals surface area contributed by atoms with E-state index in [1.807, 2.05) is 30.3 Å². The Hall–Kier alpha value is -2.01. The number of anilines is 1. The Morgan fingerprint density at radius 2 is 2.06 bits per heavy atom. The van der Waals surface area contributed by atoms with Gasteiger partial charge in [0.15, 0.2) is 5.79 Å². The van der Waals surface area contributed by atoms with Crippen molar-refractivity contribution in [2.24, 2.45) is 10.7 Å². The van der Waals surface area contributed by atoms with Crippen molar-refractivity contribution in [3.8, 4) is 5.75 Å². The fourth-order valence-electron chi connectivity index (χ4n) is 1.52. The van der Waals surface area contributed by atoms with Crippen LogP contribution in [0.1, 0.15) is 6.92 Å². The van der Waals surface area contributed by atoms with E-state index in [2.05, 4.69) is 15.6 Å². The molecule has 0 bridgehead atoms. The molecule has 0 aromatic heterocycles. The number of nitrogens with one attached hydrogen (secondary N) is 2. The van der Waals surface area contributed by atoms with E-state index in [1.165, 1.54) is 0 Å². The Morgan fingerprint density at radius 3 is 2.65 bits per heavy atom. The van der Waals surface area contributed by atoms with Gasteiger partial charge in [0.05, 0.1) is 7.11 Å². The zero-order chi connectivity index (χ0) is 12.3. The van der Waals surface area contributed by atoms with E-state index in [1.54, 1.807) is 20.2 Å². The highest BCUT2D eigenvalue weighted by Gasteiger charge is 2.18. The van der Waals surface area contributed by atoms with Crippen molar-refractivity contribution in [2.75, 3.05) is 12.4 Å². The van der Waals surface area contributed by atoms with Gasteiger partial charge in [-0.05, 0) is 37.3 Å². The van der Waals surface area contributed by atoms with Crippen molar-refractivity contribution >= 4 is 11.9 Å². The largest absolute Gasteiger partial charge is 0.497 e. The van der Waals surface area contributed by atoms with Crippen molar-refractivity contribution in [1.29, 1.82) is 0 Å². The van der Waals surface area contributed by atoms with Crippen molar-refractivity contribution < 1.29 is 4.74 Å². The molecule has 1 aliphatic heterocycles. The maximum Gasteiger partial charge on any atom is 0.180 e. The number of allylic oxidation sites excluding steroid dienone is 1. The maximum absolute atomic E-state index is 5.86. The number of nitrogens with two attached hydrogens (primary N) is 1. The van der Waals surface area contributed by atoms with Gasteiger partial charge in [-0.25, -0.2) is 0 Å². The smallest absolute Gasteiger partial charge is 0.180 e. The summed E-state index contributed by atoms with van der Waals surface area (Å²) in [6, 6.07) is 7.64. The Kier molecular flexibility index (Phi) is 3.01. The first-order chi connectivity index (χ1) is 8.09. The summed E-state index contributed by atoms with van der Waals surface area (Å²) in [5, 5.41) is 6.28. The minimum absolute atomic E-state index is 0.760. The first kappa shape index (κ1) is 11.5. The van der Waals surface area contributed by atoms with Crippen LogP contribution in [0.4, 0.5) is 5.69 Å². The van der Waals surface area contributed by atoms with Crippen LogP contribution in [-0.4, -0.2) is 19.1 Å². The second-order valence-electron chi connectivity index (χ2n) is 3.98. The fourth-order valence-corrected chi connectivity index (χ4v) is 1.52. The van der Waals surface area contributed by atoms with Gasteiger partial charge in [-0.1, -0.05) is 0 Å². The van der Waals surface area contributed by atoms with Gasteiger partial charge in [0.1, 0.15) is 11.6 Å². The molecule has 1 aromatic rings. The zero-order valence-electron chi connectivity index (χ0n) is 9.90. The molecule has 1 unspecified atom stereocenters. The third-order valence-corrected chi connectivity index (χ3v) is 2.34. The van der Waals surface area contributed by atoms with Crippen LogP contribution in [-0.2, 0) is 0 Å². The van der Waals surface area contributed by atoms with Crippen LogP contribution in [0.15, 0.2) is 41.2 Å². The maximum atomic E-state index is 5.86. The monoisotopic (exact) mass is 232 g/mol. The second-order valence-corrected chi connectivity index (χ2v) is 3.98. The van der Waals surface area contributed by atoms with Gasteiger partial charge in [-0.15, -0.1) is 0 Å². The van der Waals surface area contributed by atoms with Gasteiger partial charge in [0.2, 0.25) is 0 Å². The fraction of sp³-hybridized carbons (Fsp3) is 0.250. The molecule has 1 aromatic carbocycles. The Morgan fingerprint density at radius 1 is 1.35 bits per heavy atom. The molecule has 0 fully saturated rings. The minimum atomic E-state index is -0.760. The number of hydrogen-bond acceptors (Lipinski definition) is 5. The van der Waals surface area contributed by atoms with Gasteiger partial charge in [-0.2, -0.15) is 0 Å². The third-order valence-electron chi connectivity index (χ3n) is 2.34. The molecule has 0 radical (unpaired) electrons. The lowest BCUT2D eigenvalue weighted by molar-refractivity contribution is 0.414. The summed E-state index contributed by atoms with van der Waals surface area (Å²) in [6.45, 7) is 1.80. The Balaban J connectivity index is 2.06. The Bertz CT molecular complexity index is 448. The molecule has 0 aliphatic carbocycles. The number of nitrogens with zero attached hydrogens (tertiary/aromatic N) is 1. The highest BCUT2D eigenvalue weighted by atomic mass is 16.5. The standard InChI is InChI=1S/C12H16N4O/c1-12(13)14-8-7-11(16-12)15-9-3-5-10(17-2)6-4-9/h3-8,15-16H,13H2,1-2H3. The molecule has 2 rings (SSSR count). The molecule has 0 saturated carbocycles. The number of rotatable bonds is 3. The summed E-state index contributed by atoms with van der Waals surface area (Å²) in [5.41, 5.74) is 6.81. The van der Waals surface area contributed by atoms with E-state index in [-0.39, 0.29) is 0 Å². The SMILES string of the molecule is COc1ccc(NC2=CC=NC(C)(N)N2)cc1. The van der Waals surface area contributed by atoms with Crippen LogP contribution in [0.2, 0.25) is 0 Å². The summed E-state index contributed by atoms with van der Waals surface area (Å²) in [6.07, 6.45) is 3.52. The predicted octanol–water partition coefficient (Wildman–Crippen LogP) is 1.25. The van der Waals surface area contributed by atoms with Crippen molar-refractivity contribution in [2.45, 2.75) is 12.7 Å². The highest BCUT2D eigenvalue weighted by Crippen LogP contribution is 2.17. The van der Waals surface area contributed by atoms with E-state index in [0.29, 0.717) is 0 Å². The summed E-state index contributed by atoms with van der Waals surface area (Å²) < 4.78 is 5.09. The van der Waals surface area contributed by atoms with Gasteiger partial charge in [0.25, 0.3) is 0 Å². The molecular formula is C12H16N4O. The molecule has 0 saturated heterocycles. The lowest BCUT2D eigenvalue weighted by Gasteiger charge is -2.27. The number of benzene rings is 1. The molecule has 1 heterocycles. The van der Waals surface area contributed by atoms with Crippen LogP contribution in [0, 0.1) is 0 Å². The molecule has 1 atom stereocenters. The third kappa shape index (κ3) is 2.98. The molecule has 1 aliphatic rings. The molecule has 0 spiro atoms. The Labute approximate surface area is 100 Å². The van der Waals surface area contributed by atoms with Crippen LogP contribution < -0.4 is 21.1 Å². The van der Waals surface area contributed by atoms with E-state index >= 15 is 0 Å². The lowest BCUT2D eigenvalue weighted by atomic mass is 10.3. The quantitative estimate of drug-likeness (QED) is 0.733. The van der Waals surface area contributed by atoms with Crippen LogP contribution in [0.3, 0.4) is 0 Å². The second kappa shape index (κ2) is 4.47. The number of hydrogen-bond donors (Lipinski definition) is 3. The summed E-state index contributed by atoms with van der Waals surface area (Å²) >= 11 is 0. The first-order valence-electron chi connectivity index (χ1n) is 5.33. The van der Waals surface area contributed by atoms with Gasteiger partial charge in [-0.3, -0.25) is 10.7 Å². The zero-order valence-corrected chi connectivity index (χ0v) is 9.90. The average molecular weight is 232 g/mol. The van der Waals surface area contributed by atoms with Crippen molar-refractivity contribution in [1.82, 2.24) is 5.32 Å². The molecule has 90 valence electrons. The van der Waals surface area contributed by atoms with Gasteiger partial charge < -0.3 is 15.4 Å².